The number of fused-ring (bicyclic) bond motifs is 1. The van der Waals surface area contributed by atoms with E-state index in [2.05, 4.69) is 15.6 Å². The zero-order valence-electron chi connectivity index (χ0n) is 13.3. The molecule has 6 heteroatoms. The minimum absolute atomic E-state index is 0.223. The maximum atomic E-state index is 12.0. The SMILES string of the molecule is O=C(NCc1ccccc1)Nc1ccc(-c2cn3ccsc3n2)cc1. The fourth-order valence-electron chi connectivity index (χ4n) is 2.54. The Hall–Kier alpha value is -3.12. The van der Waals surface area contributed by atoms with Crippen LogP contribution in [0.15, 0.2) is 72.4 Å². The van der Waals surface area contributed by atoms with Crippen LogP contribution >= 0.6 is 11.3 Å². The summed E-state index contributed by atoms with van der Waals surface area (Å²) in [5.74, 6) is 0. The third kappa shape index (κ3) is 3.54. The molecule has 0 bridgehead atoms. The van der Waals surface area contributed by atoms with Crippen molar-refractivity contribution in [2.24, 2.45) is 0 Å². The van der Waals surface area contributed by atoms with Gasteiger partial charge in [-0.2, -0.15) is 0 Å². The van der Waals surface area contributed by atoms with Crippen molar-refractivity contribution in [3.8, 4) is 11.3 Å². The number of hydrogen-bond donors (Lipinski definition) is 2. The summed E-state index contributed by atoms with van der Waals surface area (Å²) in [6, 6.07) is 17.3. The molecule has 2 N–H and O–H groups in total. The van der Waals surface area contributed by atoms with Crippen LogP contribution in [0.25, 0.3) is 16.2 Å². The lowest BCUT2D eigenvalue weighted by atomic mass is 10.1. The van der Waals surface area contributed by atoms with Crippen molar-refractivity contribution in [2.75, 3.05) is 5.32 Å². The molecule has 0 fully saturated rings. The van der Waals surface area contributed by atoms with Crippen LogP contribution in [-0.2, 0) is 6.54 Å². The Morgan fingerprint density at radius 3 is 2.64 bits per heavy atom. The van der Waals surface area contributed by atoms with Gasteiger partial charge in [0.05, 0.1) is 5.69 Å². The highest BCUT2D eigenvalue weighted by molar-refractivity contribution is 7.15. The summed E-state index contributed by atoms with van der Waals surface area (Å²) in [5.41, 5.74) is 3.75. The van der Waals surface area contributed by atoms with Crippen LogP contribution in [0, 0.1) is 0 Å². The zero-order chi connectivity index (χ0) is 17.1. The van der Waals surface area contributed by atoms with Gasteiger partial charge in [0.15, 0.2) is 4.96 Å². The predicted octanol–water partition coefficient (Wildman–Crippen LogP) is 4.38. The molecule has 2 aromatic heterocycles. The van der Waals surface area contributed by atoms with Gasteiger partial charge in [0.2, 0.25) is 0 Å². The van der Waals surface area contributed by atoms with Crippen molar-refractivity contribution in [3.63, 3.8) is 0 Å². The third-order valence-electron chi connectivity index (χ3n) is 3.83. The van der Waals surface area contributed by atoms with Crippen molar-refractivity contribution in [2.45, 2.75) is 6.54 Å². The number of urea groups is 1. The Morgan fingerprint density at radius 2 is 1.88 bits per heavy atom. The Kier molecular flexibility index (Phi) is 4.18. The maximum Gasteiger partial charge on any atom is 0.319 e. The molecule has 124 valence electrons. The molecule has 0 aliphatic rings. The van der Waals surface area contributed by atoms with Crippen LogP contribution in [0.3, 0.4) is 0 Å². The summed E-state index contributed by atoms with van der Waals surface area (Å²) >= 11 is 1.60. The van der Waals surface area contributed by atoms with Crippen molar-refractivity contribution in [1.29, 1.82) is 0 Å². The normalized spacial score (nSPS) is 10.7. The van der Waals surface area contributed by atoms with Gasteiger partial charge in [-0.15, -0.1) is 11.3 Å². The Balaban J connectivity index is 1.38. The highest BCUT2D eigenvalue weighted by atomic mass is 32.1. The van der Waals surface area contributed by atoms with Gasteiger partial charge in [-0.1, -0.05) is 42.5 Å². The Bertz CT molecular complexity index is 961. The summed E-state index contributed by atoms with van der Waals surface area (Å²) < 4.78 is 2.00. The minimum Gasteiger partial charge on any atom is -0.334 e. The molecule has 0 saturated carbocycles. The van der Waals surface area contributed by atoms with Gasteiger partial charge in [-0.25, -0.2) is 9.78 Å². The fourth-order valence-corrected chi connectivity index (χ4v) is 3.24. The molecule has 0 radical (unpaired) electrons. The number of nitrogens with one attached hydrogen (secondary N) is 2. The van der Waals surface area contributed by atoms with E-state index >= 15 is 0 Å². The Labute approximate surface area is 149 Å². The maximum absolute atomic E-state index is 12.0. The summed E-state index contributed by atoms with van der Waals surface area (Å²) in [7, 11) is 0. The molecule has 2 amide bonds. The van der Waals surface area contributed by atoms with E-state index in [0.29, 0.717) is 6.54 Å². The average Bonchev–Trinajstić information content (AvgIpc) is 3.24. The molecule has 4 aromatic rings. The van der Waals surface area contributed by atoms with E-state index in [4.69, 9.17) is 0 Å². The zero-order valence-corrected chi connectivity index (χ0v) is 14.2. The number of anilines is 1. The van der Waals surface area contributed by atoms with E-state index in [1.165, 1.54) is 0 Å². The van der Waals surface area contributed by atoms with Crippen molar-refractivity contribution >= 4 is 28.0 Å². The molecule has 0 spiro atoms. The lowest BCUT2D eigenvalue weighted by Crippen LogP contribution is -2.28. The highest BCUT2D eigenvalue weighted by Crippen LogP contribution is 2.23. The van der Waals surface area contributed by atoms with Gasteiger partial charge in [0.1, 0.15) is 0 Å². The second-order valence-corrected chi connectivity index (χ2v) is 6.46. The minimum atomic E-state index is -0.223. The molecule has 4 rings (SSSR count). The number of thiazole rings is 1. The van der Waals surface area contributed by atoms with Crippen molar-refractivity contribution in [1.82, 2.24) is 14.7 Å². The standard InChI is InChI=1S/C19H16N4OS/c24-18(20-12-14-4-2-1-3-5-14)21-16-8-6-15(7-9-16)17-13-23-10-11-25-19(23)22-17/h1-11,13H,12H2,(H2,20,21,24). The van der Waals surface area contributed by atoms with E-state index in [-0.39, 0.29) is 6.03 Å². The van der Waals surface area contributed by atoms with Crippen LogP contribution in [0.2, 0.25) is 0 Å². The van der Waals surface area contributed by atoms with Crippen LogP contribution in [0.4, 0.5) is 10.5 Å². The fraction of sp³-hybridized carbons (Fsp3) is 0.0526. The third-order valence-corrected chi connectivity index (χ3v) is 4.60. The number of aromatic nitrogens is 2. The lowest BCUT2D eigenvalue weighted by Gasteiger charge is -2.08. The summed E-state index contributed by atoms with van der Waals surface area (Å²) in [5, 5.41) is 7.69. The molecular formula is C19H16N4OS. The second-order valence-electron chi connectivity index (χ2n) is 5.59. The monoisotopic (exact) mass is 348 g/mol. The van der Waals surface area contributed by atoms with Gasteiger partial charge in [-0.3, -0.25) is 4.40 Å². The van der Waals surface area contributed by atoms with E-state index in [9.17, 15) is 4.79 Å². The number of hydrogen-bond acceptors (Lipinski definition) is 3. The highest BCUT2D eigenvalue weighted by Gasteiger charge is 2.06. The van der Waals surface area contributed by atoms with Gasteiger partial charge in [-0.05, 0) is 17.7 Å². The number of carbonyl (C=O) groups excluding carboxylic acids is 1. The molecule has 0 aliphatic heterocycles. The van der Waals surface area contributed by atoms with Crippen molar-refractivity contribution < 1.29 is 4.79 Å². The molecule has 0 saturated heterocycles. The van der Waals surface area contributed by atoms with E-state index < -0.39 is 0 Å². The number of carbonyl (C=O) groups is 1. The molecular weight excluding hydrogens is 332 g/mol. The first-order chi connectivity index (χ1) is 12.3. The predicted molar refractivity (Wildman–Crippen MR) is 101 cm³/mol. The number of rotatable bonds is 4. The second kappa shape index (κ2) is 6.78. The smallest absolute Gasteiger partial charge is 0.319 e. The topological polar surface area (TPSA) is 58.4 Å². The summed E-state index contributed by atoms with van der Waals surface area (Å²) in [6.07, 6.45) is 3.99. The van der Waals surface area contributed by atoms with Crippen LogP contribution in [0.1, 0.15) is 5.56 Å². The molecule has 2 heterocycles. The first-order valence-electron chi connectivity index (χ1n) is 7.89. The number of amides is 2. The number of benzene rings is 2. The Morgan fingerprint density at radius 1 is 1.08 bits per heavy atom. The molecule has 5 nitrogen and oxygen atoms in total. The molecule has 2 aromatic carbocycles. The van der Waals surface area contributed by atoms with Gasteiger partial charge >= 0.3 is 6.03 Å². The molecule has 25 heavy (non-hydrogen) atoms. The van der Waals surface area contributed by atoms with E-state index in [1.807, 2.05) is 76.8 Å². The average molecular weight is 348 g/mol. The van der Waals surface area contributed by atoms with Crippen LogP contribution in [0.5, 0.6) is 0 Å². The van der Waals surface area contributed by atoms with Crippen molar-refractivity contribution in [3.05, 3.63) is 77.9 Å². The van der Waals surface area contributed by atoms with Gasteiger partial charge in [0.25, 0.3) is 0 Å². The molecule has 0 atom stereocenters. The van der Waals surface area contributed by atoms with E-state index in [0.717, 1.165) is 27.5 Å². The summed E-state index contributed by atoms with van der Waals surface area (Å²) in [4.78, 5) is 17.5. The quantitative estimate of drug-likeness (QED) is 0.575. The van der Waals surface area contributed by atoms with Crippen LogP contribution < -0.4 is 10.6 Å². The van der Waals surface area contributed by atoms with Gasteiger partial charge in [0, 0.05) is 35.6 Å². The van der Waals surface area contributed by atoms with E-state index in [1.54, 1.807) is 11.3 Å². The molecule has 0 aliphatic carbocycles. The largest absolute Gasteiger partial charge is 0.334 e. The van der Waals surface area contributed by atoms with Gasteiger partial charge < -0.3 is 10.6 Å². The lowest BCUT2D eigenvalue weighted by molar-refractivity contribution is 0.251. The number of nitrogens with zero attached hydrogens (tertiary/aromatic N) is 2. The van der Waals surface area contributed by atoms with Crippen LogP contribution in [-0.4, -0.2) is 15.4 Å². The first-order valence-corrected chi connectivity index (χ1v) is 8.77. The first kappa shape index (κ1) is 15.4. The number of imidazole rings is 1. The summed E-state index contributed by atoms with van der Waals surface area (Å²) in [6.45, 7) is 0.496. The molecule has 0 unspecified atom stereocenters.